The van der Waals surface area contributed by atoms with Crippen molar-refractivity contribution < 1.29 is 9.53 Å². The van der Waals surface area contributed by atoms with Gasteiger partial charge in [0.25, 0.3) is 5.91 Å². The molecule has 3 aromatic rings. The van der Waals surface area contributed by atoms with Crippen molar-refractivity contribution >= 4 is 11.6 Å². The molecule has 1 amide bonds. The van der Waals surface area contributed by atoms with Crippen LogP contribution in [0.15, 0.2) is 48.7 Å². The highest BCUT2D eigenvalue weighted by Crippen LogP contribution is 2.25. The zero-order chi connectivity index (χ0) is 20.2. The van der Waals surface area contributed by atoms with E-state index >= 15 is 0 Å². The summed E-state index contributed by atoms with van der Waals surface area (Å²) in [7, 11) is 0. The molecule has 0 bridgehead atoms. The van der Waals surface area contributed by atoms with Crippen molar-refractivity contribution in [2.45, 2.75) is 32.7 Å². The van der Waals surface area contributed by atoms with Gasteiger partial charge in [-0.2, -0.15) is 0 Å². The second kappa shape index (κ2) is 8.45. The highest BCUT2D eigenvalue weighted by Gasteiger charge is 2.18. The Hall–Kier alpha value is -3.19. The lowest BCUT2D eigenvalue weighted by molar-refractivity contribution is 0.102. The molecule has 29 heavy (non-hydrogen) atoms. The molecule has 0 spiro atoms. The third kappa shape index (κ3) is 4.81. The fourth-order valence-corrected chi connectivity index (χ4v) is 3.56. The van der Waals surface area contributed by atoms with Crippen LogP contribution in [-0.4, -0.2) is 34.0 Å². The molecule has 1 aromatic heterocycles. The Bertz CT molecular complexity index is 970. The van der Waals surface area contributed by atoms with Crippen LogP contribution in [-0.2, 0) is 0 Å². The average molecular weight is 391 g/mol. The molecule has 7 heteroatoms. The van der Waals surface area contributed by atoms with E-state index < -0.39 is 0 Å². The Kier molecular flexibility index (Phi) is 5.57. The molecular weight excluding hydrogens is 366 g/mol. The molecule has 0 radical (unpaired) electrons. The van der Waals surface area contributed by atoms with E-state index in [0.717, 1.165) is 42.8 Å². The summed E-state index contributed by atoms with van der Waals surface area (Å²) in [5, 5.41) is 14.4. The van der Waals surface area contributed by atoms with Crippen LogP contribution in [0.2, 0.25) is 0 Å². The summed E-state index contributed by atoms with van der Waals surface area (Å²) in [5.41, 5.74) is 3.31. The number of hydrogen-bond donors (Lipinski definition) is 2. The molecule has 1 fully saturated rings. The molecule has 1 aliphatic heterocycles. The maximum Gasteiger partial charge on any atom is 0.277 e. The van der Waals surface area contributed by atoms with Crippen LogP contribution in [0.5, 0.6) is 11.5 Å². The van der Waals surface area contributed by atoms with Crippen molar-refractivity contribution in [1.29, 1.82) is 0 Å². The molecule has 1 saturated heterocycles. The Morgan fingerprint density at radius 3 is 2.45 bits per heavy atom. The topological polar surface area (TPSA) is 81.1 Å². The minimum absolute atomic E-state index is 0.270. The Morgan fingerprint density at radius 2 is 1.76 bits per heavy atom. The minimum Gasteiger partial charge on any atom is -0.457 e. The van der Waals surface area contributed by atoms with Crippen LogP contribution < -0.4 is 15.4 Å². The number of ether oxygens (including phenoxy) is 1. The number of hydrogen-bond acceptors (Lipinski definition) is 5. The van der Waals surface area contributed by atoms with Gasteiger partial charge in [0.2, 0.25) is 0 Å². The molecule has 0 saturated carbocycles. The van der Waals surface area contributed by atoms with Gasteiger partial charge in [-0.25, -0.2) is 4.68 Å². The van der Waals surface area contributed by atoms with Crippen molar-refractivity contribution in [2.75, 3.05) is 18.4 Å². The lowest BCUT2D eigenvalue weighted by Gasteiger charge is -2.22. The van der Waals surface area contributed by atoms with Crippen LogP contribution in [0.4, 0.5) is 5.69 Å². The second-order valence-corrected chi connectivity index (χ2v) is 7.47. The smallest absolute Gasteiger partial charge is 0.277 e. The molecule has 0 atom stereocenters. The first kappa shape index (κ1) is 19.1. The van der Waals surface area contributed by atoms with Crippen molar-refractivity contribution in [1.82, 2.24) is 20.3 Å². The number of amides is 1. The van der Waals surface area contributed by atoms with E-state index in [9.17, 15) is 4.79 Å². The van der Waals surface area contributed by atoms with Gasteiger partial charge < -0.3 is 15.4 Å². The third-order valence-electron chi connectivity index (χ3n) is 4.97. The fourth-order valence-electron chi connectivity index (χ4n) is 3.56. The molecule has 0 unspecified atom stereocenters. The highest BCUT2D eigenvalue weighted by molar-refractivity contribution is 6.02. The standard InChI is InChI=1S/C22H25N5O2/c1-15-11-16(2)13-20(12-15)29-19-5-3-17(4-6-19)24-22(28)21-14-27(26-25-21)18-7-9-23-10-8-18/h3-6,11-14,18,23H,7-10H2,1-2H3,(H,24,28). The number of carbonyl (C=O) groups excluding carboxylic acids is 1. The third-order valence-corrected chi connectivity index (χ3v) is 4.97. The summed E-state index contributed by atoms with van der Waals surface area (Å²) in [5.74, 6) is 1.24. The van der Waals surface area contributed by atoms with Crippen molar-refractivity contribution in [2.24, 2.45) is 0 Å². The molecule has 0 aliphatic carbocycles. The second-order valence-electron chi connectivity index (χ2n) is 7.47. The zero-order valence-electron chi connectivity index (χ0n) is 16.7. The van der Waals surface area contributed by atoms with Gasteiger partial charge >= 0.3 is 0 Å². The van der Waals surface area contributed by atoms with Crippen molar-refractivity contribution in [3.8, 4) is 11.5 Å². The number of piperidine rings is 1. The van der Waals surface area contributed by atoms with Gasteiger partial charge in [0.05, 0.1) is 12.2 Å². The van der Waals surface area contributed by atoms with Crippen molar-refractivity contribution in [3.63, 3.8) is 0 Å². The van der Waals surface area contributed by atoms with E-state index in [0.29, 0.717) is 23.2 Å². The van der Waals surface area contributed by atoms with Gasteiger partial charge in [0, 0.05) is 5.69 Å². The maximum absolute atomic E-state index is 12.5. The van der Waals surface area contributed by atoms with Crippen LogP contribution in [0.1, 0.15) is 40.5 Å². The first-order chi connectivity index (χ1) is 14.1. The molecule has 2 heterocycles. The lowest BCUT2D eigenvalue weighted by atomic mass is 10.1. The zero-order valence-corrected chi connectivity index (χ0v) is 16.7. The molecule has 4 rings (SSSR count). The maximum atomic E-state index is 12.5. The van der Waals surface area contributed by atoms with Crippen LogP contribution in [0, 0.1) is 13.8 Å². The molecule has 2 N–H and O–H groups in total. The van der Waals surface area contributed by atoms with Gasteiger partial charge in [-0.15, -0.1) is 5.10 Å². The summed E-state index contributed by atoms with van der Waals surface area (Å²) in [6.07, 6.45) is 3.71. The number of aryl methyl sites for hydroxylation is 2. The van der Waals surface area contributed by atoms with E-state index in [2.05, 4.69) is 27.0 Å². The highest BCUT2D eigenvalue weighted by atomic mass is 16.5. The first-order valence-electron chi connectivity index (χ1n) is 9.87. The van der Waals surface area contributed by atoms with Gasteiger partial charge in [-0.3, -0.25) is 4.79 Å². The predicted octanol–water partition coefficient (Wildman–Crippen LogP) is 3.86. The molecule has 2 aromatic carbocycles. The number of aromatic nitrogens is 3. The molecular formula is C22H25N5O2. The predicted molar refractivity (Wildman–Crippen MR) is 112 cm³/mol. The normalized spacial score (nSPS) is 14.6. The van der Waals surface area contributed by atoms with Crippen LogP contribution >= 0.6 is 0 Å². The van der Waals surface area contributed by atoms with Crippen molar-refractivity contribution in [3.05, 3.63) is 65.5 Å². The minimum atomic E-state index is -0.270. The van der Waals surface area contributed by atoms with Gasteiger partial charge in [-0.1, -0.05) is 11.3 Å². The van der Waals surface area contributed by atoms with Gasteiger partial charge in [0.15, 0.2) is 5.69 Å². The summed E-state index contributed by atoms with van der Waals surface area (Å²) < 4.78 is 7.71. The van der Waals surface area contributed by atoms with E-state index in [1.54, 1.807) is 10.9 Å². The first-order valence-corrected chi connectivity index (χ1v) is 9.87. The lowest BCUT2D eigenvalue weighted by Crippen LogP contribution is -2.29. The van der Waals surface area contributed by atoms with E-state index in [1.165, 1.54) is 0 Å². The van der Waals surface area contributed by atoms with Crippen LogP contribution in [0.3, 0.4) is 0 Å². The van der Waals surface area contributed by atoms with E-state index in [4.69, 9.17) is 4.74 Å². The van der Waals surface area contributed by atoms with E-state index in [1.807, 2.05) is 50.2 Å². The number of nitrogens with zero attached hydrogens (tertiary/aromatic N) is 3. The summed E-state index contributed by atoms with van der Waals surface area (Å²) in [6, 6.07) is 13.7. The van der Waals surface area contributed by atoms with Gasteiger partial charge in [0.1, 0.15) is 11.5 Å². The molecule has 1 aliphatic rings. The summed E-state index contributed by atoms with van der Waals surface area (Å²) >= 11 is 0. The van der Waals surface area contributed by atoms with Crippen LogP contribution in [0.25, 0.3) is 0 Å². The Balaban J connectivity index is 1.38. The number of anilines is 1. The summed E-state index contributed by atoms with van der Waals surface area (Å²) in [6.45, 7) is 6.00. The number of carbonyl (C=O) groups is 1. The largest absolute Gasteiger partial charge is 0.457 e. The molecule has 150 valence electrons. The Morgan fingerprint density at radius 1 is 1.07 bits per heavy atom. The quantitative estimate of drug-likeness (QED) is 0.690. The number of nitrogens with one attached hydrogen (secondary N) is 2. The monoisotopic (exact) mass is 391 g/mol. The fraction of sp³-hybridized carbons (Fsp3) is 0.318. The number of rotatable bonds is 5. The Labute approximate surface area is 170 Å². The SMILES string of the molecule is Cc1cc(C)cc(Oc2ccc(NC(=O)c3cn(C4CCNCC4)nn3)cc2)c1. The van der Waals surface area contributed by atoms with E-state index in [-0.39, 0.29) is 5.91 Å². The molecule has 7 nitrogen and oxygen atoms in total. The summed E-state index contributed by atoms with van der Waals surface area (Å²) in [4.78, 5) is 12.5. The average Bonchev–Trinajstić information content (AvgIpc) is 3.20. The number of benzene rings is 2. The van der Waals surface area contributed by atoms with Gasteiger partial charge in [-0.05, 0) is 87.3 Å².